The van der Waals surface area contributed by atoms with Gasteiger partial charge in [0.25, 0.3) is 0 Å². The van der Waals surface area contributed by atoms with Crippen molar-refractivity contribution in [2.75, 3.05) is 0 Å². The molecule has 0 saturated heterocycles. The summed E-state index contributed by atoms with van der Waals surface area (Å²) in [4.78, 5) is 12.7. The molecule has 1 aliphatic carbocycles. The topological polar surface area (TPSA) is 29.1 Å². The first-order valence-corrected chi connectivity index (χ1v) is 7.77. The Hall–Kier alpha value is -1.87. The molecule has 1 amide bonds. The highest BCUT2D eigenvalue weighted by molar-refractivity contribution is 6.30. The Bertz CT molecular complexity index is 697. The molecular formula is C18H17ClFNO. The van der Waals surface area contributed by atoms with Gasteiger partial charge < -0.3 is 5.32 Å². The fourth-order valence-corrected chi connectivity index (χ4v) is 3.17. The van der Waals surface area contributed by atoms with Crippen LogP contribution in [-0.4, -0.2) is 5.91 Å². The molecule has 22 heavy (non-hydrogen) atoms. The van der Waals surface area contributed by atoms with Gasteiger partial charge in [-0.25, -0.2) is 4.39 Å². The minimum Gasteiger partial charge on any atom is -0.351 e. The average molecular weight is 318 g/mol. The van der Waals surface area contributed by atoms with E-state index in [2.05, 4.69) is 5.32 Å². The predicted molar refractivity (Wildman–Crippen MR) is 85.2 cm³/mol. The highest BCUT2D eigenvalue weighted by atomic mass is 35.5. The van der Waals surface area contributed by atoms with E-state index in [1.54, 1.807) is 12.1 Å². The van der Waals surface area contributed by atoms with Crippen molar-refractivity contribution in [3.8, 4) is 0 Å². The van der Waals surface area contributed by atoms with Gasteiger partial charge >= 0.3 is 0 Å². The maximum Gasteiger partial charge on any atom is 0.230 e. The summed E-state index contributed by atoms with van der Waals surface area (Å²) in [6.07, 6.45) is 2.51. The highest BCUT2D eigenvalue weighted by Crippen LogP contribution is 2.44. The molecule has 2 aromatic rings. The van der Waals surface area contributed by atoms with Crippen LogP contribution in [0.3, 0.4) is 0 Å². The first kappa shape index (κ1) is 15.0. The minimum absolute atomic E-state index is 0.0377. The molecule has 0 aromatic heterocycles. The zero-order chi connectivity index (χ0) is 15.6. The second-order valence-corrected chi connectivity index (χ2v) is 6.20. The van der Waals surface area contributed by atoms with E-state index in [0.29, 0.717) is 11.6 Å². The average Bonchev–Trinajstić information content (AvgIpc) is 2.44. The van der Waals surface area contributed by atoms with Crippen molar-refractivity contribution in [2.24, 2.45) is 0 Å². The van der Waals surface area contributed by atoms with E-state index < -0.39 is 5.41 Å². The number of halogens is 2. The van der Waals surface area contributed by atoms with E-state index in [-0.39, 0.29) is 11.7 Å². The lowest BCUT2D eigenvalue weighted by atomic mass is 9.64. The largest absolute Gasteiger partial charge is 0.351 e. The number of hydrogen-bond donors (Lipinski definition) is 1. The predicted octanol–water partition coefficient (Wildman–Crippen LogP) is 4.22. The zero-order valence-electron chi connectivity index (χ0n) is 12.1. The van der Waals surface area contributed by atoms with Crippen molar-refractivity contribution in [1.29, 1.82) is 0 Å². The molecule has 3 rings (SSSR count). The molecule has 2 aromatic carbocycles. The molecule has 0 radical (unpaired) electrons. The summed E-state index contributed by atoms with van der Waals surface area (Å²) in [7, 11) is 0. The van der Waals surface area contributed by atoms with Crippen LogP contribution < -0.4 is 5.32 Å². The Morgan fingerprint density at radius 1 is 1.18 bits per heavy atom. The van der Waals surface area contributed by atoms with Crippen LogP contribution in [0.2, 0.25) is 5.02 Å². The molecule has 0 spiro atoms. The van der Waals surface area contributed by atoms with Crippen molar-refractivity contribution in [3.63, 3.8) is 0 Å². The van der Waals surface area contributed by atoms with Crippen LogP contribution in [0.5, 0.6) is 0 Å². The summed E-state index contributed by atoms with van der Waals surface area (Å²) < 4.78 is 13.5. The van der Waals surface area contributed by atoms with Crippen LogP contribution in [0.15, 0.2) is 48.5 Å². The lowest BCUT2D eigenvalue weighted by Gasteiger charge is -2.40. The smallest absolute Gasteiger partial charge is 0.230 e. The number of amides is 1. The lowest BCUT2D eigenvalue weighted by molar-refractivity contribution is -0.130. The van der Waals surface area contributed by atoms with Crippen molar-refractivity contribution in [2.45, 2.75) is 31.2 Å². The summed E-state index contributed by atoms with van der Waals surface area (Å²) >= 11 is 5.95. The Balaban J connectivity index is 1.75. The third-order valence-corrected chi connectivity index (χ3v) is 4.60. The fraction of sp³-hybridized carbons (Fsp3) is 0.278. The molecule has 1 N–H and O–H groups in total. The Labute approximate surface area is 134 Å². The Kier molecular flexibility index (Phi) is 4.16. The van der Waals surface area contributed by atoms with Crippen LogP contribution in [0.25, 0.3) is 0 Å². The maximum atomic E-state index is 13.5. The van der Waals surface area contributed by atoms with Gasteiger partial charge in [-0.05, 0) is 48.2 Å². The van der Waals surface area contributed by atoms with Gasteiger partial charge in [0.05, 0.1) is 5.41 Å². The number of nitrogens with one attached hydrogen (secondary N) is 1. The molecule has 114 valence electrons. The van der Waals surface area contributed by atoms with E-state index in [4.69, 9.17) is 11.6 Å². The number of hydrogen-bond acceptors (Lipinski definition) is 1. The molecule has 2 nitrogen and oxygen atoms in total. The molecule has 0 aliphatic heterocycles. The van der Waals surface area contributed by atoms with Gasteiger partial charge in [-0.15, -0.1) is 0 Å². The molecule has 1 fully saturated rings. The summed E-state index contributed by atoms with van der Waals surface area (Å²) in [5.74, 6) is -0.337. The standard InChI is InChI=1S/C18H17ClFNO/c19-15-6-1-4-13(10-15)12-21-17(22)18(8-3-9-18)14-5-2-7-16(20)11-14/h1-2,4-7,10-11H,3,8-9,12H2,(H,21,22). The Morgan fingerprint density at radius 2 is 1.95 bits per heavy atom. The van der Waals surface area contributed by atoms with E-state index >= 15 is 0 Å². The number of carbonyl (C=O) groups excluding carboxylic acids is 1. The van der Waals surface area contributed by atoms with Gasteiger partial charge in [0, 0.05) is 11.6 Å². The number of rotatable bonds is 4. The third-order valence-electron chi connectivity index (χ3n) is 4.36. The molecule has 0 unspecified atom stereocenters. The third kappa shape index (κ3) is 2.86. The summed E-state index contributed by atoms with van der Waals surface area (Å²) in [5.41, 5.74) is 1.14. The minimum atomic E-state index is -0.583. The van der Waals surface area contributed by atoms with E-state index in [0.717, 1.165) is 30.4 Å². The van der Waals surface area contributed by atoms with Crippen LogP contribution in [0.1, 0.15) is 30.4 Å². The van der Waals surface area contributed by atoms with Crippen molar-refractivity contribution in [3.05, 3.63) is 70.5 Å². The van der Waals surface area contributed by atoms with Gasteiger partial charge in [-0.1, -0.05) is 42.3 Å². The molecule has 0 atom stereocenters. The first-order chi connectivity index (χ1) is 10.6. The second kappa shape index (κ2) is 6.09. The van der Waals surface area contributed by atoms with E-state index in [1.165, 1.54) is 12.1 Å². The van der Waals surface area contributed by atoms with Crippen molar-refractivity contribution in [1.82, 2.24) is 5.32 Å². The first-order valence-electron chi connectivity index (χ1n) is 7.39. The summed E-state index contributed by atoms with van der Waals surface area (Å²) in [6, 6.07) is 13.8. The number of carbonyl (C=O) groups is 1. The molecular weight excluding hydrogens is 301 g/mol. The summed E-state index contributed by atoms with van der Waals surface area (Å²) in [6.45, 7) is 0.427. The fourth-order valence-electron chi connectivity index (χ4n) is 2.96. The van der Waals surface area contributed by atoms with Gasteiger partial charge in [-0.2, -0.15) is 0 Å². The second-order valence-electron chi connectivity index (χ2n) is 5.76. The highest BCUT2D eigenvalue weighted by Gasteiger charge is 2.45. The molecule has 0 heterocycles. The van der Waals surface area contributed by atoms with E-state index in [9.17, 15) is 9.18 Å². The monoisotopic (exact) mass is 317 g/mol. The SMILES string of the molecule is O=C(NCc1cccc(Cl)c1)C1(c2cccc(F)c2)CCC1. The van der Waals surface area contributed by atoms with E-state index in [1.807, 2.05) is 24.3 Å². The lowest BCUT2D eigenvalue weighted by Crippen LogP contribution is -2.49. The van der Waals surface area contributed by atoms with Crippen molar-refractivity contribution >= 4 is 17.5 Å². The Morgan fingerprint density at radius 3 is 2.59 bits per heavy atom. The molecule has 0 bridgehead atoms. The zero-order valence-corrected chi connectivity index (χ0v) is 12.9. The van der Waals surface area contributed by atoms with Gasteiger partial charge in [0.15, 0.2) is 0 Å². The quantitative estimate of drug-likeness (QED) is 0.899. The number of benzene rings is 2. The summed E-state index contributed by atoms with van der Waals surface area (Å²) in [5, 5.41) is 3.62. The van der Waals surface area contributed by atoms with Gasteiger partial charge in [-0.3, -0.25) is 4.79 Å². The molecule has 4 heteroatoms. The van der Waals surface area contributed by atoms with Gasteiger partial charge in [0.1, 0.15) is 5.82 Å². The molecule has 1 aliphatic rings. The normalized spacial score (nSPS) is 15.9. The maximum absolute atomic E-state index is 13.5. The van der Waals surface area contributed by atoms with Gasteiger partial charge in [0.2, 0.25) is 5.91 Å². The van der Waals surface area contributed by atoms with Crippen LogP contribution >= 0.6 is 11.6 Å². The van der Waals surface area contributed by atoms with Crippen LogP contribution in [0.4, 0.5) is 4.39 Å². The molecule has 1 saturated carbocycles. The van der Waals surface area contributed by atoms with Crippen molar-refractivity contribution < 1.29 is 9.18 Å². The van der Waals surface area contributed by atoms with Crippen LogP contribution in [0, 0.1) is 5.82 Å². The van der Waals surface area contributed by atoms with Crippen LogP contribution in [-0.2, 0) is 16.8 Å².